The van der Waals surface area contributed by atoms with Crippen molar-refractivity contribution in [3.05, 3.63) is 124 Å². The van der Waals surface area contributed by atoms with Crippen molar-refractivity contribution in [3.8, 4) is 0 Å². The molecular formula is C31H26N2O5S. The van der Waals surface area contributed by atoms with Gasteiger partial charge >= 0.3 is 5.97 Å². The number of fused-ring (bicyclic) bond motifs is 1. The van der Waals surface area contributed by atoms with Crippen molar-refractivity contribution >= 4 is 40.0 Å². The van der Waals surface area contributed by atoms with Crippen molar-refractivity contribution in [1.82, 2.24) is 4.90 Å². The fourth-order valence-electron chi connectivity index (χ4n) is 4.67. The molecule has 39 heavy (non-hydrogen) atoms. The van der Waals surface area contributed by atoms with Gasteiger partial charge in [0.25, 0.3) is 11.8 Å². The highest BCUT2D eigenvalue weighted by Crippen LogP contribution is 2.34. The Hall–Kier alpha value is -4.56. The number of hydrogen-bond donors (Lipinski definition) is 1. The fourth-order valence-corrected chi connectivity index (χ4v) is 5.72. The molecule has 8 heteroatoms. The van der Waals surface area contributed by atoms with Gasteiger partial charge in [-0.05, 0) is 36.2 Å². The van der Waals surface area contributed by atoms with E-state index in [4.69, 9.17) is 4.74 Å². The zero-order valence-electron chi connectivity index (χ0n) is 21.3. The Kier molecular flexibility index (Phi) is 7.65. The van der Waals surface area contributed by atoms with E-state index >= 15 is 0 Å². The van der Waals surface area contributed by atoms with Crippen molar-refractivity contribution in [3.63, 3.8) is 0 Å². The van der Waals surface area contributed by atoms with Gasteiger partial charge in [-0.25, -0.2) is 4.79 Å². The molecule has 0 bridgehead atoms. The molecule has 0 saturated carbocycles. The van der Waals surface area contributed by atoms with Crippen LogP contribution in [0, 0.1) is 0 Å². The molecule has 0 atom stereocenters. The summed E-state index contributed by atoms with van der Waals surface area (Å²) in [4.78, 5) is 53.5. The highest BCUT2D eigenvalue weighted by atomic mass is 32.1. The number of imide groups is 1. The monoisotopic (exact) mass is 538 g/mol. The number of esters is 1. The van der Waals surface area contributed by atoms with Crippen LogP contribution in [0.2, 0.25) is 0 Å². The molecule has 3 amide bonds. The number of rotatable bonds is 9. The Morgan fingerprint density at radius 3 is 1.92 bits per heavy atom. The molecule has 1 aromatic heterocycles. The standard InChI is InChI=1S/C31H26N2O5S/c1-2-38-31(37)26-17-22(19-33-29(35)23-15-9-10-16-24(23)30(33)36)39-28(26)32-27(34)18-25(20-11-5-3-6-12-20)21-13-7-4-8-14-21/h3-17,25H,2,18-19H2,1H3,(H,32,34). The summed E-state index contributed by atoms with van der Waals surface area (Å²) in [6, 6.07) is 27.8. The average molecular weight is 539 g/mol. The summed E-state index contributed by atoms with van der Waals surface area (Å²) < 4.78 is 5.22. The Morgan fingerprint density at radius 1 is 0.846 bits per heavy atom. The summed E-state index contributed by atoms with van der Waals surface area (Å²) in [7, 11) is 0. The van der Waals surface area contributed by atoms with Crippen molar-refractivity contribution < 1.29 is 23.9 Å². The van der Waals surface area contributed by atoms with E-state index in [1.54, 1.807) is 37.3 Å². The predicted molar refractivity (Wildman–Crippen MR) is 149 cm³/mol. The summed E-state index contributed by atoms with van der Waals surface area (Å²) in [6.07, 6.45) is 0.155. The quantitative estimate of drug-likeness (QED) is 0.212. The average Bonchev–Trinajstić information content (AvgIpc) is 3.47. The van der Waals surface area contributed by atoms with Crippen LogP contribution in [0.1, 0.15) is 66.3 Å². The molecule has 1 aliphatic heterocycles. The Labute approximate surface area is 230 Å². The van der Waals surface area contributed by atoms with Gasteiger partial charge in [0.15, 0.2) is 0 Å². The minimum Gasteiger partial charge on any atom is -0.462 e. The molecule has 0 unspecified atom stereocenters. The van der Waals surface area contributed by atoms with Gasteiger partial charge in [0.05, 0.1) is 29.8 Å². The lowest BCUT2D eigenvalue weighted by Gasteiger charge is -2.18. The number of nitrogens with zero attached hydrogens (tertiary/aromatic N) is 1. The van der Waals surface area contributed by atoms with Gasteiger partial charge in [0.2, 0.25) is 5.91 Å². The molecule has 2 heterocycles. The van der Waals surface area contributed by atoms with Gasteiger partial charge in [-0.3, -0.25) is 19.3 Å². The van der Waals surface area contributed by atoms with Crippen LogP contribution in [-0.4, -0.2) is 35.2 Å². The lowest BCUT2D eigenvalue weighted by molar-refractivity contribution is -0.116. The normalized spacial score (nSPS) is 12.5. The van der Waals surface area contributed by atoms with Gasteiger partial charge in [0, 0.05) is 17.2 Å². The molecular weight excluding hydrogens is 512 g/mol. The number of carbonyl (C=O) groups excluding carboxylic acids is 4. The van der Waals surface area contributed by atoms with E-state index in [0.717, 1.165) is 27.4 Å². The van der Waals surface area contributed by atoms with Crippen molar-refractivity contribution in [1.29, 1.82) is 0 Å². The third-order valence-corrected chi connectivity index (χ3v) is 7.55. The van der Waals surface area contributed by atoms with Crippen LogP contribution >= 0.6 is 11.3 Å². The minimum absolute atomic E-state index is 0.0179. The summed E-state index contributed by atoms with van der Waals surface area (Å²) in [5, 5.41) is 3.22. The van der Waals surface area contributed by atoms with Gasteiger partial charge < -0.3 is 10.1 Å². The van der Waals surface area contributed by atoms with Gasteiger partial charge in [0.1, 0.15) is 5.00 Å². The van der Waals surface area contributed by atoms with E-state index in [1.807, 2.05) is 60.7 Å². The highest BCUT2D eigenvalue weighted by molar-refractivity contribution is 7.16. The number of hydrogen-bond acceptors (Lipinski definition) is 6. The largest absolute Gasteiger partial charge is 0.462 e. The van der Waals surface area contributed by atoms with Gasteiger partial charge in [-0.1, -0.05) is 72.8 Å². The Balaban J connectivity index is 1.39. The lowest BCUT2D eigenvalue weighted by Crippen LogP contribution is -2.28. The molecule has 5 rings (SSSR count). The first-order valence-corrected chi connectivity index (χ1v) is 13.4. The number of nitrogens with one attached hydrogen (secondary N) is 1. The smallest absolute Gasteiger partial charge is 0.341 e. The lowest BCUT2D eigenvalue weighted by atomic mass is 9.88. The number of benzene rings is 3. The molecule has 7 nitrogen and oxygen atoms in total. The third kappa shape index (κ3) is 5.51. The third-order valence-electron chi connectivity index (χ3n) is 6.52. The highest BCUT2D eigenvalue weighted by Gasteiger charge is 2.35. The van der Waals surface area contributed by atoms with E-state index < -0.39 is 5.97 Å². The number of carbonyl (C=O) groups is 4. The molecule has 1 N–H and O–H groups in total. The van der Waals surface area contributed by atoms with E-state index in [2.05, 4.69) is 5.32 Å². The second-order valence-electron chi connectivity index (χ2n) is 9.04. The molecule has 0 aliphatic carbocycles. The molecule has 0 saturated heterocycles. The van der Waals surface area contributed by atoms with E-state index in [9.17, 15) is 19.2 Å². The van der Waals surface area contributed by atoms with E-state index in [-0.39, 0.29) is 48.8 Å². The Bertz CT molecular complexity index is 1460. The number of thiophene rings is 1. The van der Waals surface area contributed by atoms with Crippen LogP contribution in [0.25, 0.3) is 0 Å². The predicted octanol–water partition coefficient (Wildman–Crippen LogP) is 5.88. The van der Waals surface area contributed by atoms with E-state index in [1.165, 1.54) is 0 Å². The summed E-state index contributed by atoms with van der Waals surface area (Å²) in [5.41, 5.74) is 2.90. The van der Waals surface area contributed by atoms with Crippen molar-refractivity contribution in [2.75, 3.05) is 11.9 Å². The van der Waals surface area contributed by atoms with Crippen LogP contribution in [0.5, 0.6) is 0 Å². The zero-order chi connectivity index (χ0) is 27.4. The fraction of sp³-hybridized carbons (Fsp3) is 0.161. The SMILES string of the molecule is CCOC(=O)c1cc(CN2C(=O)c3ccccc3C2=O)sc1NC(=O)CC(c1ccccc1)c1ccccc1. The van der Waals surface area contributed by atoms with Crippen LogP contribution in [0.15, 0.2) is 91.0 Å². The van der Waals surface area contributed by atoms with Crippen LogP contribution in [0.3, 0.4) is 0 Å². The molecule has 0 fully saturated rings. The maximum Gasteiger partial charge on any atom is 0.341 e. The van der Waals surface area contributed by atoms with Crippen LogP contribution in [-0.2, 0) is 16.1 Å². The molecule has 4 aromatic rings. The number of amides is 3. The second kappa shape index (κ2) is 11.4. The number of ether oxygens (including phenoxy) is 1. The minimum atomic E-state index is -0.583. The zero-order valence-corrected chi connectivity index (χ0v) is 22.1. The topological polar surface area (TPSA) is 92.8 Å². The van der Waals surface area contributed by atoms with Crippen LogP contribution in [0.4, 0.5) is 5.00 Å². The first-order valence-electron chi connectivity index (χ1n) is 12.6. The van der Waals surface area contributed by atoms with Crippen LogP contribution < -0.4 is 5.32 Å². The first kappa shape index (κ1) is 26.1. The first-order chi connectivity index (χ1) is 19.0. The maximum atomic E-state index is 13.3. The number of anilines is 1. The molecule has 196 valence electrons. The van der Waals surface area contributed by atoms with Gasteiger partial charge in [-0.15, -0.1) is 11.3 Å². The molecule has 0 spiro atoms. The summed E-state index contributed by atoms with van der Waals surface area (Å²) >= 11 is 1.15. The molecule has 3 aromatic carbocycles. The van der Waals surface area contributed by atoms with Crippen molar-refractivity contribution in [2.24, 2.45) is 0 Å². The Morgan fingerprint density at radius 2 is 1.38 bits per heavy atom. The van der Waals surface area contributed by atoms with Gasteiger partial charge in [-0.2, -0.15) is 0 Å². The van der Waals surface area contributed by atoms with Crippen molar-refractivity contribution in [2.45, 2.75) is 25.8 Å². The van der Waals surface area contributed by atoms with E-state index in [0.29, 0.717) is 21.0 Å². The molecule has 1 aliphatic rings. The summed E-state index contributed by atoms with van der Waals surface area (Å²) in [6.45, 7) is 1.85. The second-order valence-corrected chi connectivity index (χ2v) is 10.2. The molecule has 0 radical (unpaired) electrons. The summed E-state index contributed by atoms with van der Waals surface area (Å²) in [5.74, 6) is -1.81. The maximum absolute atomic E-state index is 13.3.